The average molecular weight is 289 g/mol. The van der Waals surface area contributed by atoms with Crippen LogP contribution < -0.4 is 5.73 Å². The first-order valence-electron chi connectivity index (χ1n) is 5.93. The molecule has 1 heterocycles. The molecular formula is C15H10ClFN2O. The molecule has 5 heteroatoms. The molecule has 0 amide bonds. The largest absolute Gasteiger partial charge is 0.398 e. The van der Waals surface area contributed by atoms with Gasteiger partial charge >= 0.3 is 0 Å². The van der Waals surface area contributed by atoms with E-state index in [-0.39, 0.29) is 22.3 Å². The van der Waals surface area contributed by atoms with Crippen LogP contribution in [0.5, 0.6) is 0 Å². The van der Waals surface area contributed by atoms with E-state index < -0.39 is 5.82 Å². The van der Waals surface area contributed by atoms with Crippen molar-refractivity contribution >= 4 is 34.0 Å². The summed E-state index contributed by atoms with van der Waals surface area (Å²) in [7, 11) is 0. The Morgan fingerprint density at radius 1 is 1.20 bits per heavy atom. The Morgan fingerprint density at radius 3 is 2.80 bits per heavy atom. The van der Waals surface area contributed by atoms with E-state index in [1.54, 1.807) is 24.3 Å². The topological polar surface area (TPSA) is 58.9 Å². The monoisotopic (exact) mass is 288 g/mol. The van der Waals surface area contributed by atoms with Crippen molar-refractivity contribution in [1.82, 2.24) is 4.98 Å². The lowest BCUT2D eigenvalue weighted by Crippen LogP contribution is -2.05. The predicted octanol–water partition coefficient (Wildman–Crippen LogP) is 3.77. The van der Waals surface area contributed by atoms with E-state index in [1.807, 2.05) is 0 Å². The lowest BCUT2D eigenvalue weighted by Gasteiger charge is -2.05. The third-order valence-corrected chi connectivity index (χ3v) is 3.39. The molecule has 0 radical (unpaired) electrons. The van der Waals surface area contributed by atoms with Crippen molar-refractivity contribution in [3.8, 4) is 0 Å². The number of nitrogens with two attached hydrogens (primary N) is 1. The number of carbonyl (C=O) groups excluding carboxylic acids is 1. The molecule has 0 fully saturated rings. The zero-order valence-corrected chi connectivity index (χ0v) is 11.0. The van der Waals surface area contributed by atoms with Crippen LogP contribution in [0.2, 0.25) is 5.02 Å². The second-order valence-electron chi connectivity index (χ2n) is 4.43. The van der Waals surface area contributed by atoms with Crippen molar-refractivity contribution < 1.29 is 9.18 Å². The van der Waals surface area contributed by atoms with Crippen LogP contribution >= 0.6 is 11.6 Å². The number of rotatable bonds is 2. The number of aromatic nitrogens is 1. The number of H-pyrrole nitrogens is 1. The zero-order valence-electron chi connectivity index (χ0n) is 10.3. The summed E-state index contributed by atoms with van der Waals surface area (Å²) < 4.78 is 13.9. The second kappa shape index (κ2) is 4.65. The molecule has 0 aliphatic heterocycles. The number of hydrogen-bond acceptors (Lipinski definition) is 2. The maximum atomic E-state index is 13.9. The summed E-state index contributed by atoms with van der Waals surface area (Å²) in [6, 6.07) is 9.24. The van der Waals surface area contributed by atoms with Gasteiger partial charge in [-0.05, 0) is 30.3 Å². The molecule has 1 aromatic heterocycles. The first-order chi connectivity index (χ1) is 9.58. The van der Waals surface area contributed by atoms with Crippen LogP contribution in [0.3, 0.4) is 0 Å². The number of benzene rings is 2. The summed E-state index contributed by atoms with van der Waals surface area (Å²) >= 11 is 5.88. The Bertz CT molecular complexity index is 826. The molecule has 3 N–H and O–H groups in total. The molecule has 100 valence electrons. The molecule has 0 atom stereocenters. The van der Waals surface area contributed by atoms with Crippen molar-refractivity contribution in [2.24, 2.45) is 0 Å². The molecular weight excluding hydrogens is 279 g/mol. The summed E-state index contributed by atoms with van der Waals surface area (Å²) in [6.07, 6.45) is 1.48. The van der Waals surface area contributed by atoms with Crippen LogP contribution in [0.15, 0.2) is 42.6 Å². The van der Waals surface area contributed by atoms with E-state index in [1.165, 1.54) is 18.3 Å². The van der Waals surface area contributed by atoms with Gasteiger partial charge in [0, 0.05) is 33.4 Å². The Kier molecular flexibility index (Phi) is 2.95. The molecule has 3 aromatic rings. The van der Waals surface area contributed by atoms with Crippen molar-refractivity contribution in [3.05, 3.63) is 64.6 Å². The van der Waals surface area contributed by atoms with Crippen molar-refractivity contribution in [2.75, 3.05) is 5.73 Å². The van der Waals surface area contributed by atoms with Gasteiger partial charge in [-0.15, -0.1) is 0 Å². The molecule has 0 spiro atoms. The maximum absolute atomic E-state index is 13.9. The highest BCUT2D eigenvalue weighted by Gasteiger charge is 2.19. The first-order valence-corrected chi connectivity index (χ1v) is 6.31. The van der Waals surface area contributed by atoms with Gasteiger partial charge < -0.3 is 10.7 Å². The van der Waals surface area contributed by atoms with Crippen LogP contribution in [0.25, 0.3) is 10.9 Å². The zero-order chi connectivity index (χ0) is 14.3. The lowest BCUT2D eigenvalue weighted by molar-refractivity contribution is 0.104. The van der Waals surface area contributed by atoms with Gasteiger partial charge in [-0.3, -0.25) is 4.79 Å². The molecule has 0 saturated heterocycles. The summed E-state index contributed by atoms with van der Waals surface area (Å²) in [5, 5.41) is 0.666. The number of ketones is 1. The average Bonchev–Trinajstić information content (AvgIpc) is 2.86. The molecule has 3 rings (SSSR count). The Labute approximate surface area is 119 Å². The van der Waals surface area contributed by atoms with Crippen LogP contribution in [0.1, 0.15) is 15.9 Å². The maximum Gasteiger partial charge on any atom is 0.197 e. The molecule has 0 saturated carbocycles. The highest BCUT2D eigenvalue weighted by atomic mass is 35.5. The fraction of sp³-hybridized carbons (Fsp3) is 0. The van der Waals surface area contributed by atoms with Gasteiger partial charge in [0.15, 0.2) is 5.78 Å². The highest BCUT2D eigenvalue weighted by Crippen LogP contribution is 2.27. The number of aromatic amines is 1. The number of hydrogen-bond donors (Lipinski definition) is 2. The summed E-state index contributed by atoms with van der Waals surface area (Å²) in [6.45, 7) is 0. The first kappa shape index (κ1) is 12.7. The normalized spacial score (nSPS) is 10.9. The summed E-state index contributed by atoms with van der Waals surface area (Å²) in [5.41, 5.74) is 7.18. The number of fused-ring (bicyclic) bond motifs is 1. The molecule has 0 unspecified atom stereocenters. The molecule has 0 aliphatic carbocycles. The van der Waals surface area contributed by atoms with Crippen LogP contribution in [-0.2, 0) is 0 Å². The third kappa shape index (κ3) is 1.94. The van der Waals surface area contributed by atoms with Crippen molar-refractivity contribution in [3.63, 3.8) is 0 Å². The van der Waals surface area contributed by atoms with E-state index in [9.17, 15) is 9.18 Å². The fourth-order valence-electron chi connectivity index (χ4n) is 2.19. The predicted molar refractivity (Wildman–Crippen MR) is 77.6 cm³/mol. The van der Waals surface area contributed by atoms with E-state index in [4.69, 9.17) is 17.3 Å². The number of anilines is 1. The van der Waals surface area contributed by atoms with E-state index in [0.717, 1.165) is 0 Å². The van der Waals surface area contributed by atoms with Crippen LogP contribution in [0, 0.1) is 5.82 Å². The van der Waals surface area contributed by atoms with Gasteiger partial charge in [0.25, 0.3) is 0 Å². The lowest BCUT2D eigenvalue weighted by atomic mass is 10.0. The molecule has 0 aliphatic rings. The van der Waals surface area contributed by atoms with Gasteiger partial charge in [0.1, 0.15) is 5.82 Å². The summed E-state index contributed by atoms with van der Waals surface area (Å²) in [4.78, 5) is 15.4. The number of nitrogen functional groups attached to an aromatic ring is 1. The van der Waals surface area contributed by atoms with Crippen LogP contribution in [0.4, 0.5) is 10.1 Å². The van der Waals surface area contributed by atoms with E-state index in [0.29, 0.717) is 16.2 Å². The van der Waals surface area contributed by atoms with Gasteiger partial charge in [-0.1, -0.05) is 17.7 Å². The summed E-state index contributed by atoms with van der Waals surface area (Å²) in [5.74, 6) is -0.811. The SMILES string of the molecule is Nc1ccc(Cl)cc1C(=O)c1c[nH]c2cccc(F)c12. The van der Waals surface area contributed by atoms with Gasteiger partial charge in [-0.2, -0.15) is 0 Å². The van der Waals surface area contributed by atoms with E-state index in [2.05, 4.69) is 4.98 Å². The minimum atomic E-state index is -0.451. The Balaban J connectivity index is 2.21. The Morgan fingerprint density at radius 2 is 2.00 bits per heavy atom. The minimum Gasteiger partial charge on any atom is -0.398 e. The van der Waals surface area contributed by atoms with Gasteiger partial charge in [0.05, 0.1) is 5.56 Å². The van der Waals surface area contributed by atoms with Crippen molar-refractivity contribution in [2.45, 2.75) is 0 Å². The van der Waals surface area contributed by atoms with Crippen LogP contribution in [-0.4, -0.2) is 10.8 Å². The van der Waals surface area contributed by atoms with Gasteiger partial charge in [0.2, 0.25) is 0 Å². The molecule has 3 nitrogen and oxygen atoms in total. The molecule has 0 bridgehead atoms. The van der Waals surface area contributed by atoms with Crippen molar-refractivity contribution in [1.29, 1.82) is 0 Å². The molecule has 20 heavy (non-hydrogen) atoms. The highest BCUT2D eigenvalue weighted by molar-refractivity contribution is 6.31. The standard InChI is InChI=1S/C15H10ClFN2O/c16-8-4-5-12(18)9(6-8)15(20)10-7-19-13-3-1-2-11(17)14(10)13/h1-7,19H,18H2. The fourth-order valence-corrected chi connectivity index (χ4v) is 2.36. The minimum absolute atomic E-state index is 0.243. The number of carbonyl (C=O) groups is 1. The van der Waals surface area contributed by atoms with E-state index >= 15 is 0 Å². The second-order valence-corrected chi connectivity index (χ2v) is 4.86. The number of halogens is 2. The number of nitrogens with one attached hydrogen (secondary N) is 1. The van der Waals surface area contributed by atoms with Gasteiger partial charge in [-0.25, -0.2) is 4.39 Å². The Hall–Kier alpha value is -2.33. The quantitative estimate of drug-likeness (QED) is 0.557. The third-order valence-electron chi connectivity index (χ3n) is 3.16. The smallest absolute Gasteiger partial charge is 0.197 e. The molecule has 2 aromatic carbocycles.